The Morgan fingerprint density at radius 2 is 1.54 bits per heavy atom. The second-order valence-corrected chi connectivity index (χ2v) is 8.31. The summed E-state index contributed by atoms with van der Waals surface area (Å²) in [5, 5.41) is 9.92. The number of halogens is 1. The Morgan fingerprint density at radius 1 is 0.885 bits per heavy atom. The van der Waals surface area contributed by atoms with Crippen molar-refractivity contribution in [1.29, 1.82) is 0 Å². The lowest BCUT2D eigenvalue weighted by atomic mass is 10.00. The Balaban J connectivity index is 1.96. The van der Waals surface area contributed by atoms with Crippen molar-refractivity contribution in [3.05, 3.63) is 77.4 Å². The maximum absolute atomic E-state index is 11.5. The van der Waals surface area contributed by atoms with Gasteiger partial charge in [0, 0.05) is 21.8 Å². The summed E-state index contributed by atoms with van der Waals surface area (Å²) in [5.41, 5.74) is 4.55. The molecule has 0 saturated carbocycles. The topological polar surface area (TPSA) is 77.5 Å². The molecule has 2 heterocycles. The molecule has 5 nitrogen and oxygen atoms in total. The minimum atomic E-state index is -3.72. The lowest BCUT2D eigenvalue weighted by Gasteiger charge is -2.05. The molecule has 2 aromatic heterocycles. The molecule has 0 radical (unpaired) electrons. The van der Waals surface area contributed by atoms with Crippen LogP contribution in [0.4, 0.5) is 0 Å². The molecule has 7 heteroatoms. The Morgan fingerprint density at radius 3 is 2.19 bits per heavy atom. The van der Waals surface area contributed by atoms with E-state index in [0.29, 0.717) is 0 Å². The van der Waals surface area contributed by atoms with E-state index in [0.717, 1.165) is 32.4 Å². The zero-order chi connectivity index (χ0) is 18.3. The first-order valence-electron chi connectivity index (χ1n) is 7.80. The first-order chi connectivity index (χ1) is 12.4. The van der Waals surface area contributed by atoms with E-state index < -0.39 is 10.0 Å². The van der Waals surface area contributed by atoms with Crippen LogP contribution in [0.15, 0.2) is 82.3 Å². The first kappa shape index (κ1) is 17.0. The fourth-order valence-corrected chi connectivity index (χ4v) is 3.68. The molecule has 0 aliphatic rings. The number of nitrogens with zero attached hydrogens (tertiary/aromatic N) is 2. The third-order valence-electron chi connectivity index (χ3n) is 4.13. The van der Waals surface area contributed by atoms with Crippen LogP contribution < -0.4 is 5.14 Å². The predicted molar refractivity (Wildman–Crippen MR) is 105 cm³/mol. The van der Waals surface area contributed by atoms with E-state index in [4.69, 9.17) is 10.2 Å². The maximum atomic E-state index is 11.5. The molecule has 0 aliphatic heterocycles. The van der Waals surface area contributed by atoms with E-state index in [1.807, 2.05) is 53.2 Å². The second kappa shape index (κ2) is 6.35. The van der Waals surface area contributed by atoms with Crippen LogP contribution in [0.5, 0.6) is 0 Å². The quantitative estimate of drug-likeness (QED) is 0.534. The molecule has 4 rings (SSSR count). The summed E-state index contributed by atoms with van der Waals surface area (Å²) in [6.45, 7) is 0. The first-order valence-corrected chi connectivity index (χ1v) is 10.1. The fourth-order valence-electron chi connectivity index (χ4n) is 2.90. The van der Waals surface area contributed by atoms with Gasteiger partial charge in [0.15, 0.2) is 0 Å². The van der Waals surface area contributed by atoms with Crippen molar-refractivity contribution in [2.75, 3.05) is 0 Å². The van der Waals surface area contributed by atoms with E-state index in [-0.39, 0.29) is 4.90 Å². The molecule has 26 heavy (non-hydrogen) atoms. The molecule has 2 aromatic carbocycles. The average molecular weight is 428 g/mol. The highest BCUT2D eigenvalue weighted by molar-refractivity contribution is 9.10. The lowest BCUT2D eigenvalue weighted by molar-refractivity contribution is 0.598. The molecule has 2 N–H and O–H groups in total. The predicted octanol–water partition coefficient (Wildman–Crippen LogP) is 4.08. The normalized spacial score (nSPS) is 11.8. The van der Waals surface area contributed by atoms with Gasteiger partial charge in [0.1, 0.15) is 5.69 Å². The van der Waals surface area contributed by atoms with E-state index >= 15 is 0 Å². The van der Waals surface area contributed by atoms with Gasteiger partial charge in [-0.3, -0.25) is 0 Å². The largest absolute Gasteiger partial charge is 0.240 e. The number of hydrogen-bond acceptors (Lipinski definition) is 3. The van der Waals surface area contributed by atoms with Crippen LogP contribution in [0.25, 0.3) is 27.9 Å². The molecule has 4 aromatic rings. The molecule has 0 fully saturated rings. The van der Waals surface area contributed by atoms with Gasteiger partial charge < -0.3 is 0 Å². The van der Waals surface area contributed by atoms with Crippen LogP contribution in [0.2, 0.25) is 0 Å². The Hall–Kier alpha value is -2.48. The molecule has 0 unspecified atom stereocenters. The van der Waals surface area contributed by atoms with Crippen molar-refractivity contribution in [2.24, 2.45) is 5.14 Å². The van der Waals surface area contributed by atoms with E-state index in [2.05, 4.69) is 15.9 Å². The third-order valence-corrected chi connectivity index (χ3v) is 5.59. The van der Waals surface area contributed by atoms with Crippen LogP contribution in [0.1, 0.15) is 0 Å². The molecular weight excluding hydrogens is 414 g/mol. The monoisotopic (exact) mass is 427 g/mol. The van der Waals surface area contributed by atoms with Crippen LogP contribution in [0, 0.1) is 0 Å². The third kappa shape index (κ3) is 3.05. The number of rotatable bonds is 3. The minimum Gasteiger partial charge on any atom is -0.240 e. The maximum Gasteiger partial charge on any atom is 0.238 e. The number of fused-ring (bicyclic) bond motifs is 1. The van der Waals surface area contributed by atoms with E-state index in [9.17, 15) is 8.42 Å². The van der Waals surface area contributed by atoms with Crippen molar-refractivity contribution in [3.63, 3.8) is 0 Å². The van der Waals surface area contributed by atoms with Crippen molar-refractivity contribution in [3.8, 4) is 22.4 Å². The highest BCUT2D eigenvalue weighted by atomic mass is 79.9. The Kier molecular flexibility index (Phi) is 4.14. The van der Waals surface area contributed by atoms with Gasteiger partial charge in [0.2, 0.25) is 10.0 Å². The number of benzene rings is 2. The lowest BCUT2D eigenvalue weighted by Crippen LogP contribution is -2.11. The standard InChI is InChI=1S/C19H14BrN3O2S/c20-15-8-4-14(5-9-15)19-18(17-3-1-2-12-23(17)22-19)13-6-10-16(11-7-13)26(21,24)25/h1-12H,(H2,21,24,25). The summed E-state index contributed by atoms with van der Waals surface area (Å²) in [7, 11) is -3.72. The van der Waals surface area contributed by atoms with E-state index in [1.54, 1.807) is 12.1 Å². The zero-order valence-corrected chi connectivity index (χ0v) is 15.9. The molecule has 0 amide bonds. The van der Waals surface area contributed by atoms with Crippen LogP contribution >= 0.6 is 15.9 Å². The molecular formula is C19H14BrN3O2S. The van der Waals surface area contributed by atoms with Crippen LogP contribution in [0.3, 0.4) is 0 Å². The van der Waals surface area contributed by atoms with Crippen LogP contribution in [-0.2, 0) is 10.0 Å². The van der Waals surface area contributed by atoms with Crippen molar-refractivity contribution >= 4 is 31.5 Å². The fraction of sp³-hybridized carbons (Fsp3) is 0. The highest BCUT2D eigenvalue weighted by Gasteiger charge is 2.17. The number of hydrogen-bond donors (Lipinski definition) is 1. The summed E-state index contributed by atoms with van der Waals surface area (Å²) in [6, 6.07) is 20.3. The summed E-state index contributed by atoms with van der Waals surface area (Å²) in [4.78, 5) is 0.0860. The number of sulfonamides is 1. The number of nitrogens with two attached hydrogens (primary N) is 1. The molecule has 0 spiro atoms. The summed E-state index contributed by atoms with van der Waals surface area (Å²) >= 11 is 3.45. The molecule has 0 saturated heterocycles. The second-order valence-electron chi connectivity index (χ2n) is 5.83. The van der Waals surface area contributed by atoms with Crippen molar-refractivity contribution in [1.82, 2.24) is 9.61 Å². The van der Waals surface area contributed by atoms with Crippen molar-refractivity contribution < 1.29 is 8.42 Å². The van der Waals surface area contributed by atoms with Gasteiger partial charge in [-0.2, -0.15) is 5.10 Å². The van der Waals surface area contributed by atoms with Gasteiger partial charge in [0.25, 0.3) is 0 Å². The summed E-state index contributed by atoms with van der Waals surface area (Å²) in [5.74, 6) is 0. The molecule has 0 atom stereocenters. The SMILES string of the molecule is NS(=O)(=O)c1ccc(-c2c(-c3ccc(Br)cc3)nn3ccccc23)cc1. The van der Waals surface area contributed by atoms with Crippen molar-refractivity contribution in [2.45, 2.75) is 4.90 Å². The van der Waals surface area contributed by atoms with Gasteiger partial charge in [0.05, 0.1) is 10.4 Å². The molecule has 0 bridgehead atoms. The van der Waals surface area contributed by atoms with Gasteiger partial charge in [-0.25, -0.2) is 18.1 Å². The highest BCUT2D eigenvalue weighted by Crippen LogP contribution is 2.35. The van der Waals surface area contributed by atoms with Gasteiger partial charge in [-0.1, -0.05) is 46.3 Å². The molecule has 0 aliphatic carbocycles. The molecule has 130 valence electrons. The Bertz CT molecular complexity index is 1200. The average Bonchev–Trinajstić information content (AvgIpc) is 3.01. The van der Waals surface area contributed by atoms with Crippen LogP contribution in [-0.4, -0.2) is 18.0 Å². The summed E-state index contributed by atoms with van der Waals surface area (Å²) < 4.78 is 25.9. The smallest absolute Gasteiger partial charge is 0.238 e. The number of aromatic nitrogens is 2. The van der Waals surface area contributed by atoms with Gasteiger partial charge >= 0.3 is 0 Å². The van der Waals surface area contributed by atoms with Gasteiger partial charge in [-0.15, -0.1) is 0 Å². The summed E-state index contributed by atoms with van der Waals surface area (Å²) in [6.07, 6.45) is 1.89. The van der Waals surface area contributed by atoms with Gasteiger partial charge in [-0.05, 0) is 42.0 Å². The number of primary sulfonamides is 1. The minimum absolute atomic E-state index is 0.0860. The zero-order valence-electron chi connectivity index (χ0n) is 13.5. The van der Waals surface area contributed by atoms with E-state index in [1.165, 1.54) is 12.1 Å². The number of pyridine rings is 1. The Labute approximate surface area is 159 Å².